The minimum Gasteiger partial charge on any atom is -0.480 e. The van der Waals surface area contributed by atoms with Gasteiger partial charge in [0.2, 0.25) is 82.7 Å². The highest BCUT2D eigenvalue weighted by atomic mass is 32.2. The zero-order valence-electron chi connectivity index (χ0n) is 69.7. The van der Waals surface area contributed by atoms with E-state index in [4.69, 9.17) is 34.4 Å². The Kier molecular flexibility index (Phi) is 49.1. The molecule has 2 rings (SSSR count). The number of hydrogen-bond donors (Lipinski definition) is 23. The number of likely N-dealkylation sites (tertiary alicyclic amines) is 2. The molecule has 0 bridgehead atoms. The second-order valence-corrected chi connectivity index (χ2v) is 32.1. The number of thioether (sulfide) groups is 1. The second-order valence-electron chi connectivity index (χ2n) is 31.1. The standard InChI is InChI=1S/C74H140N24O16S/c1-13-55(100)82-32-17-15-24-47(61(103)94-58(43(8)9)68(110)92-51(71(113)114)27-20-35-85-74(80)81)89-64(106)53-28-21-36-97(53)70(112)50(26-19-34-84-73(78)79)91-67(109)57(42(6)7)95-62(104)48(30-38-115-12)88-59(101)44(10)86-66(108)56(41(4)5)96-65(107)54-29-22-37-98(54)69(111)49(25-18-33-83-72(76)77)90-63(105)52(39-40(2)3)93-60(102)46(87-45(11)99)23-14-16-31-75/h40-44,46-54,56-58,72-74,83-85H,13-39,75-81H2,1-12H3,(H,82,100)(H,86,108)(H,87,99)(H,88,101)(H,89,106)(H,90,105)(H,91,109)(H,92,110)(H,93,102)(H,94,103)(H,95,104)(H,96,107)(H,113,114)/p+1/t44-,46-,47-,48-,49-,50-,51-,52-,53-,54-,56-,57-,58-/m0/s1. The van der Waals surface area contributed by atoms with Crippen LogP contribution in [0.3, 0.4) is 0 Å². The molecular formula is C74H141N24O16S+. The lowest BCUT2D eigenvalue weighted by molar-refractivity contribution is -0.368. The van der Waals surface area contributed by atoms with E-state index in [2.05, 4.69) is 85.5 Å². The third-order valence-corrected chi connectivity index (χ3v) is 20.3. The first-order chi connectivity index (χ1) is 54.2. The topological polar surface area (TPSA) is 647 Å². The number of quaternary nitrogens is 1. The molecule has 658 valence electrons. The van der Waals surface area contributed by atoms with Crippen LogP contribution in [0.5, 0.6) is 0 Å². The fourth-order valence-electron chi connectivity index (χ4n) is 13.2. The van der Waals surface area contributed by atoms with Gasteiger partial charge in [0.05, 0.1) is 6.54 Å². The number of nitrogens with one attached hydrogen (secondary N) is 15. The zero-order valence-corrected chi connectivity index (χ0v) is 70.5. The fourth-order valence-corrected chi connectivity index (χ4v) is 13.7. The lowest BCUT2D eigenvalue weighted by Crippen LogP contribution is -2.61. The number of aliphatic carboxylic acids is 1. The van der Waals surface area contributed by atoms with Crippen molar-refractivity contribution in [2.45, 2.75) is 296 Å². The number of carboxylic acid groups (broad SMARTS) is 1. The summed E-state index contributed by atoms with van der Waals surface area (Å²) in [6.45, 7) is 19.7. The maximum Gasteiger partial charge on any atom is 0.326 e. The largest absolute Gasteiger partial charge is 0.480 e. The van der Waals surface area contributed by atoms with E-state index in [9.17, 15) is 77.0 Å². The molecule has 14 amide bonds. The first-order valence-corrected chi connectivity index (χ1v) is 42.0. The lowest BCUT2D eigenvalue weighted by Gasteiger charge is -2.32. The van der Waals surface area contributed by atoms with Crippen LogP contribution >= 0.6 is 11.8 Å². The Morgan fingerprint density at radius 3 is 1.23 bits per heavy atom. The summed E-state index contributed by atoms with van der Waals surface area (Å²) in [7, 11) is 0. The Morgan fingerprint density at radius 2 is 0.800 bits per heavy atom. The van der Waals surface area contributed by atoms with Crippen molar-refractivity contribution >= 4 is 100 Å². The number of hydrogen-bond acceptors (Lipinski definition) is 25. The number of carbonyl (C=O) groups excluding carboxylic acids is 14. The first kappa shape index (κ1) is 103. The number of unbranched alkanes of at least 4 members (excludes halogenated alkanes) is 2. The van der Waals surface area contributed by atoms with Gasteiger partial charge in [0.1, 0.15) is 97.4 Å². The van der Waals surface area contributed by atoms with Gasteiger partial charge in [-0.1, -0.05) is 62.3 Å². The number of nitrogens with zero attached hydrogens (tertiary/aromatic N) is 2. The molecule has 13 atom stereocenters. The summed E-state index contributed by atoms with van der Waals surface area (Å²) in [5, 5.41) is 51.2. The summed E-state index contributed by atoms with van der Waals surface area (Å²) < 4.78 is 0. The van der Waals surface area contributed by atoms with Crippen LogP contribution in [0.4, 0.5) is 0 Å². The maximum atomic E-state index is 15.0. The van der Waals surface area contributed by atoms with Crippen LogP contribution in [-0.2, 0) is 71.9 Å². The Bertz CT molecular complexity index is 3120. The van der Waals surface area contributed by atoms with Gasteiger partial charge >= 0.3 is 5.97 Å². The van der Waals surface area contributed by atoms with E-state index in [-0.39, 0.29) is 128 Å². The molecule has 0 spiro atoms. The smallest absolute Gasteiger partial charge is 0.326 e. The van der Waals surface area contributed by atoms with Crippen LogP contribution in [0.15, 0.2) is 0 Å². The van der Waals surface area contributed by atoms with E-state index in [1.807, 2.05) is 13.8 Å². The van der Waals surface area contributed by atoms with Crippen LogP contribution in [0, 0.1) is 23.7 Å². The molecule has 0 aromatic heterocycles. The van der Waals surface area contributed by atoms with Crippen molar-refractivity contribution in [2.75, 3.05) is 57.8 Å². The Labute approximate surface area is 681 Å². The van der Waals surface area contributed by atoms with Gasteiger partial charge < -0.3 is 119 Å². The summed E-state index contributed by atoms with van der Waals surface area (Å²) in [5.74, 6) is -12.2. The quantitative estimate of drug-likeness (QED) is 0.0199. The third kappa shape index (κ3) is 38.8. The predicted octanol–water partition coefficient (Wildman–Crippen LogP) is -5.99. The van der Waals surface area contributed by atoms with E-state index in [0.717, 1.165) is 0 Å². The SMILES string of the molecule is CCC(=O)NCCCC[C@H](NC(=O)[C@@H]1CCCN1C(=O)[C@H](CCCNC(N)N)NC(=O)[C@@H](NC(=O)[C@H](CCSC)NC(=O)[C@H](C)NC(=O)[C@@H](NC(=O)[C@@H]1CCCN1C(=O)[C@H](CCCNC(N)N)NC(=O)[C@H](CC(C)C)NC(=O)[C@H](CCCC[NH3+])NC(C)=O)C(C)C)C(C)C)C(=O)N[C@H](C(=O)N[C@@H](CCCNC(N)N)C(=O)O)C(C)C. The van der Waals surface area contributed by atoms with Gasteiger partial charge in [-0.05, 0) is 178 Å². The van der Waals surface area contributed by atoms with Gasteiger partial charge in [-0.3, -0.25) is 83.1 Å². The van der Waals surface area contributed by atoms with Crippen molar-refractivity contribution in [3.8, 4) is 0 Å². The molecule has 2 aliphatic heterocycles. The summed E-state index contributed by atoms with van der Waals surface area (Å²) in [6.07, 6.45) is 3.76. The van der Waals surface area contributed by atoms with Crippen LogP contribution in [-0.4, -0.2) is 259 Å². The minimum atomic E-state index is -1.34. The number of rotatable bonds is 57. The highest BCUT2D eigenvalue weighted by Gasteiger charge is 2.44. The zero-order chi connectivity index (χ0) is 86.8. The average Bonchev–Trinajstić information content (AvgIpc) is 1.73. The van der Waals surface area contributed by atoms with E-state index >= 15 is 0 Å². The summed E-state index contributed by atoms with van der Waals surface area (Å²) >= 11 is 1.36. The molecule has 2 aliphatic rings. The predicted molar refractivity (Wildman–Crippen MR) is 434 cm³/mol. The summed E-state index contributed by atoms with van der Waals surface area (Å²) in [5.41, 5.74) is 37.9. The molecule has 2 saturated heterocycles. The molecule has 0 unspecified atom stereocenters. The van der Waals surface area contributed by atoms with Crippen molar-refractivity contribution in [1.82, 2.24) is 89.6 Å². The second kappa shape index (κ2) is 54.8. The van der Waals surface area contributed by atoms with Crippen molar-refractivity contribution in [3.63, 3.8) is 0 Å². The highest BCUT2D eigenvalue weighted by Crippen LogP contribution is 2.24. The molecule has 2 fully saturated rings. The van der Waals surface area contributed by atoms with Crippen LogP contribution in [0.1, 0.15) is 198 Å². The molecule has 0 aliphatic carbocycles. The maximum absolute atomic E-state index is 15.0. The number of carbonyl (C=O) groups is 15. The molecule has 0 aromatic carbocycles. The lowest BCUT2D eigenvalue weighted by atomic mass is 10.0. The van der Waals surface area contributed by atoms with Gasteiger partial charge in [0, 0.05) is 33.0 Å². The highest BCUT2D eigenvalue weighted by molar-refractivity contribution is 7.98. The van der Waals surface area contributed by atoms with Gasteiger partial charge in [0.25, 0.3) is 0 Å². The molecule has 0 saturated carbocycles. The van der Waals surface area contributed by atoms with Crippen molar-refractivity contribution < 1.29 is 82.8 Å². The first-order valence-electron chi connectivity index (χ1n) is 40.6. The average molecular weight is 1660 g/mol. The number of carboxylic acids is 1. The molecule has 2 heterocycles. The Hall–Kier alpha value is -8.00. The fraction of sp³-hybridized carbons (Fsp3) is 0.797. The molecule has 0 aromatic rings. The third-order valence-electron chi connectivity index (χ3n) is 19.6. The van der Waals surface area contributed by atoms with Gasteiger partial charge in [-0.2, -0.15) is 11.8 Å². The number of amides is 14. The normalized spacial score (nSPS) is 17.1. The Morgan fingerprint density at radius 1 is 0.426 bits per heavy atom. The van der Waals surface area contributed by atoms with Crippen molar-refractivity contribution in [2.24, 2.45) is 58.1 Å². The molecule has 41 heteroatoms. The van der Waals surface area contributed by atoms with Gasteiger partial charge in [-0.15, -0.1) is 0 Å². The van der Waals surface area contributed by atoms with Crippen molar-refractivity contribution in [1.29, 1.82) is 0 Å². The monoisotopic (exact) mass is 1650 g/mol. The van der Waals surface area contributed by atoms with E-state index in [1.165, 1.54) is 35.4 Å². The number of nitrogens with two attached hydrogens (primary N) is 6. The summed E-state index contributed by atoms with van der Waals surface area (Å²) in [6, 6.07) is -16.0. The van der Waals surface area contributed by atoms with E-state index in [1.54, 1.807) is 54.7 Å². The van der Waals surface area contributed by atoms with Crippen molar-refractivity contribution in [3.05, 3.63) is 0 Å². The van der Waals surface area contributed by atoms with Crippen LogP contribution < -0.4 is 120 Å². The summed E-state index contributed by atoms with van der Waals surface area (Å²) in [4.78, 5) is 212. The molecule has 0 radical (unpaired) electrons. The molecule has 31 N–H and O–H groups in total. The molecular weight excluding hydrogens is 1510 g/mol. The van der Waals surface area contributed by atoms with Crippen LogP contribution in [0.25, 0.3) is 0 Å². The van der Waals surface area contributed by atoms with E-state index in [0.29, 0.717) is 57.2 Å². The molecule has 115 heavy (non-hydrogen) atoms. The molecule has 40 nitrogen and oxygen atoms in total. The van der Waals surface area contributed by atoms with Gasteiger partial charge in [-0.25, -0.2) is 4.79 Å². The van der Waals surface area contributed by atoms with E-state index < -0.39 is 198 Å². The van der Waals surface area contributed by atoms with Gasteiger partial charge in [0.15, 0.2) is 0 Å². The minimum absolute atomic E-state index is 0.00215. The Balaban J connectivity index is 2.42. The van der Waals surface area contributed by atoms with Crippen LogP contribution in [0.2, 0.25) is 0 Å².